The minimum Gasteiger partial charge on any atom is -0.398 e. The zero-order valence-electron chi connectivity index (χ0n) is 11.8. The van der Waals surface area contributed by atoms with Crippen molar-refractivity contribution < 1.29 is 0 Å². The molecule has 0 unspecified atom stereocenters. The van der Waals surface area contributed by atoms with Crippen LogP contribution in [0.3, 0.4) is 0 Å². The van der Waals surface area contributed by atoms with Crippen molar-refractivity contribution >= 4 is 43.2 Å². The van der Waals surface area contributed by atoms with Crippen molar-refractivity contribution in [1.29, 1.82) is 0 Å². The van der Waals surface area contributed by atoms with Crippen LogP contribution in [0.1, 0.15) is 0 Å². The molecule has 0 aliphatic heterocycles. The van der Waals surface area contributed by atoms with E-state index in [9.17, 15) is 0 Å². The fraction of sp³-hybridized carbons (Fsp3) is 0. The van der Waals surface area contributed by atoms with Crippen molar-refractivity contribution in [3.63, 3.8) is 0 Å². The molecule has 0 saturated carbocycles. The molecule has 4 aromatic rings. The van der Waals surface area contributed by atoms with Crippen LogP contribution in [0.25, 0.3) is 21.5 Å². The van der Waals surface area contributed by atoms with Crippen LogP contribution < -0.4 is 5.73 Å². The molecule has 0 amide bonds. The van der Waals surface area contributed by atoms with Crippen molar-refractivity contribution in [2.75, 3.05) is 5.73 Å². The van der Waals surface area contributed by atoms with Gasteiger partial charge in [0.1, 0.15) is 0 Å². The molecule has 2 aromatic carbocycles. The molecule has 2 aromatic heterocycles. The Morgan fingerprint density at radius 1 is 0.727 bits per heavy atom. The number of aromatic nitrogens is 2. The largest absolute Gasteiger partial charge is 0.398 e. The third kappa shape index (κ3) is 3.07. The number of hydrogen-bond acceptors (Lipinski definition) is 3. The van der Waals surface area contributed by atoms with Crippen LogP contribution in [-0.4, -0.2) is 9.97 Å². The third-order valence-corrected chi connectivity index (χ3v) is 4.03. The van der Waals surface area contributed by atoms with E-state index < -0.39 is 0 Å². The minimum atomic E-state index is 0.810. The van der Waals surface area contributed by atoms with Crippen LogP contribution in [0, 0.1) is 0 Å². The van der Waals surface area contributed by atoms with Gasteiger partial charge in [-0.3, -0.25) is 9.97 Å². The molecule has 0 radical (unpaired) electrons. The van der Waals surface area contributed by atoms with Gasteiger partial charge in [-0.25, -0.2) is 0 Å². The second kappa shape index (κ2) is 6.54. The van der Waals surface area contributed by atoms with Gasteiger partial charge in [0.2, 0.25) is 0 Å². The van der Waals surface area contributed by atoms with Gasteiger partial charge >= 0.3 is 0 Å². The normalized spacial score (nSPS) is 10.2. The summed E-state index contributed by atoms with van der Waals surface area (Å²) in [5.74, 6) is 0. The molecule has 0 bridgehead atoms. The Morgan fingerprint density at radius 2 is 1.32 bits per heavy atom. The van der Waals surface area contributed by atoms with Gasteiger partial charge in [0.15, 0.2) is 0 Å². The molecule has 22 heavy (non-hydrogen) atoms. The Hall–Kier alpha value is -2.46. The average molecular weight is 352 g/mol. The highest BCUT2D eigenvalue weighted by molar-refractivity contribution is 9.10. The molecular formula is C18H14BrN3. The Morgan fingerprint density at radius 3 is 1.95 bits per heavy atom. The summed E-state index contributed by atoms with van der Waals surface area (Å²) < 4.78 is 1.12. The van der Waals surface area contributed by atoms with E-state index in [0.29, 0.717) is 0 Å². The summed E-state index contributed by atoms with van der Waals surface area (Å²) >= 11 is 3.47. The number of hydrogen-bond donors (Lipinski definition) is 1. The highest BCUT2D eigenvalue weighted by Gasteiger charge is 1.94. The highest BCUT2D eigenvalue weighted by atomic mass is 79.9. The quantitative estimate of drug-likeness (QED) is 0.462. The van der Waals surface area contributed by atoms with Crippen LogP contribution in [0.4, 0.5) is 5.69 Å². The third-order valence-electron chi connectivity index (χ3n) is 3.34. The lowest BCUT2D eigenvalue weighted by Gasteiger charge is -1.98. The average Bonchev–Trinajstić information content (AvgIpc) is 2.57. The summed E-state index contributed by atoms with van der Waals surface area (Å²) in [5, 5.41) is 4.54. The summed E-state index contributed by atoms with van der Waals surface area (Å²) in [6, 6.07) is 15.8. The SMILES string of the molecule is Brc1cccc2cnccc12.Nc1cccc2cnccc12. The number of fused-ring (bicyclic) bond motifs is 2. The number of halogens is 1. The van der Waals surface area contributed by atoms with Crippen molar-refractivity contribution in [1.82, 2.24) is 9.97 Å². The van der Waals surface area contributed by atoms with Gasteiger partial charge in [-0.15, -0.1) is 0 Å². The van der Waals surface area contributed by atoms with E-state index in [1.807, 2.05) is 60.9 Å². The second-order valence-electron chi connectivity index (χ2n) is 4.78. The van der Waals surface area contributed by atoms with Crippen LogP contribution >= 0.6 is 15.9 Å². The van der Waals surface area contributed by atoms with E-state index in [4.69, 9.17) is 5.73 Å². The monoisotopic (exact) mass is 351 g/mol. The van der Waals surface area contributed by atoms with Crippen LogP contribution in [0.15, 0.2) is 77.8 Å². The maximum atomic E-state index is 5.73. The van der Waals surface area contributed by atoms with Gasteiger partial charge in [-0.1, -0.05) is 40.2 Å². The summed E-state index contributed by atoms with van der Waals surface area (Å²) in [7, 11) is 0. The van der Waals surface area contributed by atoms with Crippen molar-refractivity contribution in [3.8, 4) is 0 Å². The summed E-state index contributed by atoms with van der Waals surface area (Å²) in [4.78, 5) is 8.03. The molecule has 4 rings (SSSR count). The maximum absolute atomic E-state index is 5.73. The summed E-state index contributed by atoms with van der Waals surface area (Å²) in [6.45, 7) is 0. The van der Waals surface area contributed by atoms with Crippen LogP contribution in [0.5, 0.6) is 0 Å². The van der Waals surface area contributed by atoms with Gasteiger partial charge in [0, 0.05) is 51.1 Å². The molecule has 0 fully saturated rings. The van der Waals surface area contributed by atoms with Crippen molar-refractivity contribution in [2.24, 2.45) is 0 Å². The molecule has 0 aliphatic carbocycles. The minimum absolute atomic E-state index is 0.810. The molecule has 2 N–H and O–H groups in total. The van der Waals surface area contributed by atoms with Crippen molar-refractivity contribution in [3.05, 3.63) is 77.8 Å². The lowest BCUT2D eigenvalue weighted by atomic mass is 10.1. The summed E-state index contributed by atoms with van der Waals surface area (Å²) in [5.41, 5.74) is 6.54. The molecule has 4 heteroatoms. The predicted octanol–water partition coefficient (Wildman–Crippen LogP) is 4.81. The van der Waals surface area contributed by atoms with E-state index in [2.05, 4.69) is 25.9 Å². The number of anilines is 1. The second-order valence-corrected chi connectivity index (χ2v) is 5.64. The topological polar surface area (TPSA) is 51.8 Å². The van der Waals surface area contributed by atoms with E-state index in [1.54, 1.807) is 12.4 Å². The van der Waals surface area contributed by atoms with Gasteiger partial charge in [0.25, 0.3) is 0 Å². The first kappa shape index (κ1) is 14.5. The zero-order valence-corrected chi connectivity index (χ0v) is 13.4. The fourth-order valence-electron chi connectivity index (χ4n) is 2.23. The van der Waals surface area contributed by atoms with Gasteiger partial charge in [0.05, 0.1) is 0 Å². The number of nitrogen functional groups attached to an aromatic ring is 1. The molecule has 0 aliphatic rings. The van der Waals surface area contributed by atoms with Gasteiger partial charge < -0.3 is 5.73 Å². The molecule has 0 saturated heterocycles. The van der Waals surface area contributed by atoms with E-state index in [-0.39, 0.29) is 0 Å². The Labute approximate surface area is 137 Å². The molecule has 0 spiro atoms. The van der Waals surface area contributed by atoms with Crippen LogP contribution in [0.2, 0.25) is 0 Å². The number of pyridine rings is 2. The molecule has 2 heterocycles. The molecule has 108 valence electrons. The lowest BCUT2D eigenvalue weighted by molar-refractivity contribution is 1.36. The number of rotatable bonds is 0. The van der Waals surface area contributed by atoms with Gasteiger partial charge in [-0.2, -0.15) is 0 Å². The maximum Gasteiger partial charge on any atom is 0.0394 e. The summed E-state index contributed by atoms with van der Waals surface area (Å²) in [6.07, 6.45) is 7.22. The molecule has 3 nitrogen and oxygen atoms in total. The lowest BCUT2D eigenvalue weighted by Crippen LogP contribution is -1.85. The zero-order chi connectivity index (χ0) is 15.4. The van der Waals surface area contributed by atoms with E-state index in [1.165, 1.54) is 10.8 Å². The van der Waals surface area contributed by atoms with E-state index >= 15 is 0 Å². The van der Waals surface area contributed by atoms with Crippen molar-refractivity contribution in [2.45, 2.75) is 0 Å². The Balaban J connectivity index is 0.000000131. The van der Waals surface area contributed by atoms with E-state index in [0.717, 1.165) is 20.9 Å². The smallest absolute Gasteiger partial charge is 0.0394 e. The van der Waals surface area contributed by atoms with Gasteiger partial charge in [-0.05, 0) is 29.7 Å². The number of nitrogens with zero attached hydrogens (tertiary/aromatic N) is 2. The standard InChI is InChI=1S/C9H6BrN.C9H8N2/c2*10-9-3-1-2-7-6-11-5-4-8(7)9/h1-6H;1-6H,10H2. The first-order valence-electron chi connectivity index (χ1n) is 6.82. The first-order valence-corrected chi connectivity index (χ1v) is 7.61. The molecular weight excluding hydrogens is 338 g/mol. The number of nitrogens with two attached hydrogens (primary N) is 1. The Kier molecular flexibility index (Phi) is 4.30. The Bertz CT molecular complexity index is 834. The fourth-order valence-corrected chi connectivity index (χ4v) is 2.74. The number of benzene rings is 2. The first-order chi connectivity index (χ1) is 10.8. The molecule has 0 atom stereocenters. The van der Waals surface area contributed by atoms with Crippen LogP contribution in [-0.2, 0) is 0 Å². The highest BCUT2D eigenvalue weighted by Crippen LogP contribution is 2.22. The predicted molar refractivity (Wildman–Crippen MR) is 95.6 cm³/mol.